The first kappa shape index (κ1) is 12.9. The van der Waals surface area contributed by atoms with E-state index >= 15 is 0 Å². The SMILES string of the molecule is N=Cc1c(N)ncnc1Nc1ccc(-n2cccc2)cc1. The van der Waals surface area contributed by atoms with Crippen LogP contribution < -0.4 is 11.1 Å². The van der Waals surface area contributed by atoms with Crippen LogP contribution in [0.4, 0.5) is 17.3 Å². The first-order chi connectivity index (χ1) is 10.3. The molecule has 0 fully saturated rings. The predicted octanol–water partition coefficient (Wildman–Crippen LogP) is 2.59. The second-order valence-electron chi connectivity index (χ2n) is 4.43. The predicted molar refractivity (Wildman–Crippen MR) is 83.4 cm³/mol. The Morgan fingerprint density at radius 2 is 1.81 bits per heavy atom. The van der Waals surface area contributed by atoms with Gasteiger partial charge in [-0.1, -0.05) is 0 Å². The van der Waals surface area contributed by atoms with Crippen LogP contribution in [0.5, 0.6) is 0 Å². The molecule has 1 aromatic carbocycles. The van der Waals surface area contributed by atoms with Gasteiger partial charge in [-0.15, -0.1) is 0 Å². The molecule has 0 aliphatic carbocycles. The third-order valence-electron chi connectivity index (χ3n) is 3.09. The molecule has 6 nitrogen and oxygen atoms in total. The zero-order valence-electron chi connectivity index (χ0n) is 11.2. The largest absolute Gasteiger partial charge is 0.383 e. The van der Waals surface area contributed by atoms with Crippen molar-refractivity contribution < 1.29 is 0 Å². The third kappa shape index (κ3) is 2.59. The Bertz CT molecular complexity index is 746. The van der Waals surface area contributed by atoms with Gasteiger partial charge in [-0.3, -0.25) is 0 Å². The highest BCUT2D eigenvalue weighted by atomic mass is 15.0. The van der Waals surface area contributed by atoms with Gasteiger partial charge in [-0.05, 0) is 36.4 Å². The molecule has 0 radical (unpaired) electrons. The zero-order valence-corrected chi connectivity index (χ0v) is 11.2. The van der Waals surface area contributed by atoms with Crippen LogP contribution >= 0.6 is 0 Å². The zero-order chi connectivity index (χ0) is 14.7. The fourth-order valence-electron chi connectivity index (χ4n) is 2.01. The summed E-state index contributed by atoms with van der Waals surface area (Å²) in [6.07, 6.45) is 6.49. The lowest BCUT2D eigenvalue weighted by Crippen LogP contribution is -2.04. The van der Waals surface area contributed by atoms with Crippen molar-refractivity contribution in [3.63, 3.8) is 0 Å². The molecule has 21 heavy (non-hydrogen) atoms. The molecule has 4 N–H and O–H groups in total. The number of aromatic nitrogens is 3. The van der Waals surface area contributed by atoms with Gasteiger partial charge in [-0.25, -0.2) is 9.97 Å². The Kier molecular flexibility index (Phi) is 3.34. The molecule has 3 rings (SSSR count). The summed E-state index contributed by atoms with van der Waals surface area (Å²) in [5, 5.41) is 10.5. The lowest BCUT2D eigenvalue weighted by Gasteiger charge is -2.10. The highest BCUT2D eigenvalue weighted by molar-refractivity contribution is 5.91. The Balaban J connectivity index is 1.86. The van der Waals surface area contributed by atoms with Crippen LogP contribution in [0.2, 0.25) is 0 Å². The molecule has 6 heteroatoms. The molecular weight excluding hydrogens is 264 g/mol. The summed E-state index contributed by atoms with van der Waals surface area (Å²) in [5.74, 6) is 0.803. The van der Waals surface area contributed by atoms with E-state index in [1.807, 2.05) is 53.4 Å². The summed E-state index contributed by atoms with van der Waals surface area (Å²) in [6, 6.07) is 11.8. The lowest BCUT2D eigenvalue weighted by atomic mass is 10.2. The molecular formula is C15H14N6. The number of hydrogen-bond acceptors (Lipinski definition) is 5. The van der Waals surface area contributed by atoms with Gasteiger partial charge < -0.3 is 21.0 Å². The molecule has 104 valence electrons. The van der Waals surface area contributed by atoms with E-state index in [1.54, 1.807) is 0 Å². The van der Waals surface area contributed by atoms with Gasteiger partial charge in [0, 0.05) is 30.0 Å². The summed E-state index contributed by atoms with van der Waals surface area (Å²) in [7, 11) is 0. The number of nitrogen functional groups attached to an aromatic ring is 1. The normalized spacial score (nSPS) is 10.3. The van der Waals surface area contributed by atoms with E-state index in [0.29, 0.717) is 11.4 Å². The van der Waals surface area contributed by atoms with Crippen molar-refractivity contribution in [1.82, 2.24) is 14.5 Å². The number of anilines is 3. The first-order valence-corrected chi connectivity index (χ1v) is 6.39. The fraction of sp³-hybridized carbons (Fsp3) is 0. The van der Waals surface area contributed by atoms with Gasteiger partial charge in [0.2, 0.25) is 0 Å². The van der Waals surface area contributed by atoms with E-state index in [0.717, 1.165) is 17.6 Å². The maximum absolute atomic E-state index is 7.39. The van der Waals surface area contributed by atoms with Crippen LogP contribution in [0.25, 0.3) is 5.69 Å². The molecule has 3 aromatic rings. The quantitative estimate of drug-likeness (QED) is 0.639. The third-order valence-corrected chi connectivity index (χ3v) is 3.09. The molecule has 0 aliphatic rings. The maximum Gasteiger partial charge on any atom is 0.144 e. The Morgan fingerprint density at radius 1 is 1.10 bits per heavy atom. The minimum atomic E-state index is 0.284. The van der Waals surface area contributed by atoms with E-state index in [2.05, 4.69) is 15.3 Å². The van der Waals surface area contributed by atoms with Crippen molar-refractivity contribution in [1.29, 1.82) is 5.41 Å². The van der Waals surface area contributed by atoms with Crippen LogP contribution in [0, 0.1) is 5.41 Å². The van der Waals surface area contributed by atoms with Crippen molar-refractivity contribution in [2.24, 2.45) is 0 Å². The minimum Gasteiger partial charge on any atom is -0.383 e. The van der Waals surface area contributed by atoms with E-state index < -0.39 is 0 Å². The van der Waals surface area contributed by atoms with Gasteiger partial charge in [0.1, 0.15) is 18.0 Å². The van der Waals surface area contributed by atoms with Gasteiger partial charge in [-0.2, -0.15) is 0 Å². The van der Waals surface area contributed by atoms with E-state index in [1.165, 1.54) is 6.33 Å². The standard InChI is InChI=1S/C15H14N6/c16-9-13-14(17)18-10-19-15(13)20-11-3-5-12(6-4-11)21-7-1-2-8-21/h1-10,16H,(H3,17,18,19,20). The topological polar surface area (TPSA) is 92.6 Å². The summed E-state index contributed by atoms with van der Waals surface area (Å²) >= 11 is 0. The second kappa shape index (κ2) is 5.46. The minimum absolute atomic E-state index is 0.284. The second-order valence-corrected chi connectivity index (χ2v) is 4.43. The van der Waals surface area contributed by atoms with Crippen molar-refractivity contribution in [2.45, 2.75) is 0 Å². The molecule has 0 bridgehead atoms. The van der Waals surface area contributed by atoms with Crippen LogP contribution in [0.3, 0.4) is 0 Å². The molecule has 0 amide bonds. The van der Waals surface area contributed by atoms with Crippen LogP contribution in [0.15, 0.2) is 55.1 Å². The monoisotopic (exact) mass is 278 g/mol. The van der Waals surface area contributed by atoms with Crippen LogP contribution in [0.1, 0.15) is 5.56 Å². The number of rotatable bonds is 4. The van der Waals surface area contributed by atoms with Crippen molar-refractivity contribution in [3.8, 4) is 5.69 Å². The Hall–Kier alpha value is -3.15. The molecule has 2 aromatic heterocycles. The van der Waals surface area contributed by atoms with Gasteiger partial charge >= 0.3 is 0 Å². The average molecular weight is 278 g/mol. The van der Waals surface area contributed by atoms with Crippen molar-refractivity contribution in [3.05, 3.63) is 60.7 Å². The summed E-state index contributed by atoms with van der Waals surface area (Å²) in [4.78, 5) is 7.99. The number of nitrogens with one attached hydrogen (secondary N) is 2. The fourth-order valence-corrected chi connectivity index (χ4v) is 2.01. The number of benzene rings is 1. The van der Waals surface area contributed by atoms with Gasteiger partial charge in [0.05, 0.1) is 5.56 Å². The Morgan fingerprint density at radius 3 is 2.48 bits per heavy atom. The number of nitrogens with zero attached hydrogens (tertiary/aromatic N) is 3. The lowest BCUT2D eigenvalue weighted by molar-refractivity contribution is 1.08. The van der Waals surface area contributed by atoms with Crippen molar-refractivity contribution >= 4 is 23.5 Å². The Labute approximate surface area is 121 Å². The molecule has 0 atom stereocenters. The molecule has 0 unspecified atom stereocenters. The maximum atomic E-state index is 7.39. The summed E-state index contributed by atoms with van der Waals surface area (Å²) in [6.45, 7) is 0. The van der Waals surface area contributed by atoms with E-state index in [9.17, 15) is 0 Å². The van der Waals surface area contributed by atoms with Gasteiger partial charge in [0.25, 0.3) is 0 Å². The number of nitrogens with two attached hydrogens (primary N) is 1. The van der Waals surface area contributed by atoms with Crippen LogP contribution in [-0.2, 0) is 0 Å². The molecule has 0 aliphatic heterocycles. The molecule has 0 saturated carbocycles. The van der Waals surface area contributed by atoms with E-state index in [4.69, 9.17) is 11.1 Å². The highest BCUT2D eigenvalue weighted by Crippen LogP contribution is 2.21. The van der Waals surface area contributed by atoms with E-state index in [-0.39, 0.29) is 5.82 Å². The average Bonchev–Trinajstić information content (AvgIpc) is 3.03. The molecule has 2 heterocycles. The summed E-state index contributed by atoms with van der Waals surface area (Å²) in [5.41, 5.74) is 8.14. The summed E-state index contributed by atoms with van der Waals surface area (Å²) < 4.78 is 2.02. The highest BCUT2D eigenvalue weighted by Gasteiger charge is 2.07. The first-order valence-electron chi connectivity index (χ1n) is 6.39. The molecule has 0 saturated heterocycles. The van der Waals surface area contributed by atoms with Crippen LogP contribution in [-0.4, -0.2) is 20.7 Å². The van der Waals surface area contributed by atoms with Gasteiger partial charge in [0.15, 0.2) is 0 Å². The van der Waals surface area contributed by atoms with Crippen molar-refractivity contribution in [2.75, 3.05) is 11.1 Å². The molecule has 0 spiro atoms. The number of hydrogen-bond donors (Lipinski definition) is 3. The smallest absolute Gasteiger partial charge is 0.144 e.